The number of fused-ring (bicyclic) bond motifs is 1. The zero-order valence-electron chi connectivity index (χ0n) is 15.2. The van der Waals surface area contributed by atoms with E-state index >= 15 is 0 Å². The van der Waals surface area contributed by atoms with Gasteiger partial charge in [0.2, 0.25) is 5.91 Å². The van der Waals surface area contributed by atoms with Crippen molar-refractivity contribution in [3.63, 3.8) is 0 Å². The number of amides is 1. The molecule has 27 heavy (non-hydrogen) atoms. The highest BCUT2D eigenvalue weighted by molar-refractivity contribution is 7.99. The molecular formula is C21H22N4OS. The fourth-order valence-corrected chi connectivity index (χ4v) is 3.68. The number of nitrogens with one attached hydrogen (secondary N) is 2. The zero-order valence-corrected chi connectivity index (χ0v) is 16.0. The third-order valence-corrected chi connectivity index (χ3v) is 5.52. The Labute approximate surface area is 163 Å². The molecular weight excluding hydrogens is 356 g/mol. The first-order valence-corrected chi connectivity index (χ1v) is 10.2. The van der Waals surface area contributed by atoms with Gasteiger partial charge >= 0.3 is 0 Å². The number of rotatable bonds is 7. The van der Waals surface area contributed by atoms with Crippen LogP contribution in [-0.4, -0.2) is 27.7 Å². The van der Waals surface area contributed by atoms with Crippen molar-refractivity contribution < 1.29 is 4.79 Å². The fraction of sp³-hybridized carbons (Fsp3) is 0.286. The van der Waals surface area contributed by atoms with Gasteiger partial charge in [0.25, 0.3) is 0 Å². The Bertz CT molecular complexity index is 943. The van der Waals surface area contributed by atoms with Crippen molar-refractivity contribution in [2.45, 2.75) is 31.0 Å². The highest BCUT2D eigenvalue weighted by Crippen LogP contribution is 2.32. The minimum absolute atomic E-state index is 0.0359. The van der Waals surface area contributed by atoms with E-state index in [-0.39, 0.29) is 11.9 Å². The van der Waals surface area contributed by atoms with Gasteiger partial charge in [-0.15, -0.1) is 0 Å². The predicted molar refractivity (Wildman–Crippen MR) is 110 cm³/mol. The van der Waals surface area contributed by atoms with Crippen LogP contribution in [0.5, 0.6) is 0 Å². The lowest BCUT2D eigenvalue weighted by atomic mass is 10.2. The van der Waals surface area contributed by atoms with Crippen molar-refractivity contribution in [1.82, 2.24) is 15.3 Å². The second-order valence-corrected chi connectivity index (χ2v) is 7.79. The maximum absolute atomic E-state index is 12.2. The average Bonchev–Trinajstić information content (AvgIpc) is 3.53. The molecule has 1 aromatic heterocycles. The minimum Gasteiger partial charge on any atom is -0.353 e. The standard InChI is InChI=1S/C21H22N4OS/c1-14(15-11-12-15)22-19(26)13-27-21-24-18-10-6-5-9-17(18)20(25-21)23-16-7-3-2-4-8-16/h2-10,14-15H,11-13H2,1H3,(H,22,26)(H,23,24,25)/t14-/m1/s1. The molecule has 0 unspecified atom stereocenters. The van der Waals surface area contributed by atoms with Crippen LogP contribution in [0, 0.1) is 5.92 Å². The quantitative estimate of drug-likeness (QED) is 0.472. The first-order chi connectivity index (χ1) is 13.2. The van der Waals surface area contributed by atoms with Gasteiger partial charge in [-0.3, -0.25) is 4.79 Å². The van der Waals surface area contributed by atoms with Crippen LogP contribution in [0.25, 0.3) is 10.9 Å². The third kappa shape index (κ3) is 4.57. The maximum Gasteiger partial charge on any atom is 0.230 e. The number of nitrogens with zero attached hydrogens (tertiary/aromatic N) is 2. The average molecular weight is 379 g/mol. The number of anilines is 2. The van der Waals surface area contributed by atoms with E-state index in [1.54, 1.807) is 0 Å². The van der Waals surface area contributed by atoms with Gasteiger partial charge in [0.05, 0.1) is 11.3 Å². The molecule has 2 N–H and O–H groups in total. The van der Waals surface area contributed by atoms with Crippen LogP contribution in [0.15, 0.2) is 59.8 Å². The molecule has 1 amide bonds. The summed E-state index contributed by atoms with van der Waals surface area (Å²) in [6, 6.07) is 18.1. The molecule has 4 rings (SSSR count). The predicted octanol–water partition coefficient (Wildman–Crippen LogP) is 4.38. The van der Waals surface area contributed by atoms with Crippen LogP contribution >= 0.6 is 11.8 Å². The number of hydrogen-bond donors (Lipinski definition) is 2. The van der Waals surface area contributed by atoms with Crippen LogP contribution in [0.4, 0.5) is 11.5 Å². The van der Waals surface area contributed by atoms with Crippen molar-refractivity contribution in [3.05, 3.63) is 54.6 Å². The summed E-state index contributed by atoms with van der Waals surface area (Å²) in [6.07, 6.45) is 2.44. The highest BCUT2D eigenvalue weighted by atomic mass is 32.2. The van der Waals surface area contributed by atoms with Crippen molar-refractivity contribution in [2.24, 2.45) is 5.92 Å². The molecule has 1 atom stereocenters. The minimum atomic E-state index is 0.0359. The van der Waals surface area contributed by atoms with Crippen LogP contribution < -0.4 is 10.6 Å². The maximum atomic E-state index is 12.2. The Kier molecular flexibility index (Phi) is 5.25. The van der Waals surface area contributed by atoms with Gasteiger partial charge in [0.15, 0.2) is 5.16 Å². The molecule has 0 saturated heterocycles. The largest absolute Gasteiger partial charge is 0.353 e. The first-order valence-electron chi connectivity index (χ1n) is 9.20. The lowest BCUT2D eigenvalue weighted by Gasteiger charge is -2.13. The summed E-state index contributed by atoms with van der Waals surface area (Å²) in [6.45, 7) is 2.08. The fourth-order valence-electron chi connectivity index (χ4n) is 3.01. The van der Waals surface area contributed by atoms with Gasteiger partial charge in [0.1, 0.15) is 5.82 Å². The van der Waals surface area contributed by atoms with E-state index in [0.29, 0.717) is 16.8 Å². The van der Waals surface area contributed by atoms with E-state index in [9.17, 15) is 4.79 Å². The number of benzene rings is 2. The smallest absolute Gasteiger partial charge is 0.230 e. The van der Waals surface area contributed by atoms with Crippen LogP contribution in [-0.2, 0) is 4.79 Å². The Morgan fingerprint density at radius 3 is 2.63 bits per heavy atom. The summed E-state index contributed by atoms with van der Waals surface area (Å²) in [5, 5.41) is 7.99. The monoisotopic (exact) mass is 378 g/mol. The third-order valence-electron chi connectivity index (χ3n) is 4.67. The van der Waals surface area contributed by atoms with E-state index in [0.717, 1.165) is 22.4 Å². The Hall–Kier alpha value is -2.60. The normalized spacial score (nSPS) is 14.7. The molecule has 5 nitrogen and oxygen atoms in total. The first kappa shape index (κ1) is 17.8. The Morgan fingerprint density at radius 1 is 1.11 bits per heavy atom. The number of aromatic nitrogens is 2. The van der Waals surface area contributed by atoms with E-state index in [4.69, 9.17) is 0 Å². The zero-order chi connectivity index (χ0) is 18.6. The summed E-state index contributed by atoms with van der Waals surface area (Å²) in [7, 11) is 0. The van der Waals surface area contributed by atoms with E-state index in [1.807, 2.05) is 54.6 Å². The van der Waals surface area contributed by atoms with E-state index in [1.165, 1.54) is 24.6 Å². The number of hydrogen-bond acceptors (Lipinski definition) is 5. The number of carbonyl (C=O) groups excluding carboxylic acids is 1. The van der Waals surface area contributed by atoms with Crippen molar-refractivity contribution in [2.75, 3.05) is 11.1 Å². The molecule has 0 bridgehead atoms. The lowest BCUT2D eigenvalue weighted by Crippen LogP contribution is -2.35. The molecule has 1 fully saturated rings. The lowest BCUT2D eigenvalue weighted by molar-refractivity contribution is -0.119. The van der Waals surface area contributed by atoms with Crippen molar-refractivity contribution in [3.8, 4) is 0 Å². The van der Waals surface area contributed by atoms with Gasteiger partial charge in [-0.1, -0.05) is 42.1 Å². The van der Waals surface area contributed by atoms with E-state index in [2.05, 4.69) is 27.5 Å². The summed E-state index contributed by atoms with van der Waals surface area (Å²) in [5.74, 6) is 1.76. The molecule has 1 saturated carbocycles. The molecule has 0 spiro atoms. The molecule has 138 valence electrons. The van der Waals surface area contributed by atoms with Gasteiger partial charge in [-0.25, -0.2) is 9.97 Å². The Morgan fingerprint density at radius 2 is 1.85 bits per heavy atom. The molecule has 2 aromatic carbocycles. The molecule has 3 aromatic rings. The SMILES string of the molecule is C[C@@H](NC(=O)CSc1nc(Nc2ccccc2)c2ccccc2n1)C1CC1. The number of para-hydroxylation sites is 2. The topological polar surface area (TPSA) is 66.9 Å². The molecule has 1 heterocycles. The second kappa shape index (κ2) is 7.96. The van der Waals surface area contributed by atoms with Crippen molar-refractivity contribution in [1.29, 1.82) is 0 Å². The summed E-state index contributed by atoms with van der Waals surface area (Å²) >= 11 is 1.37. The second-order valence-electron chi connectivity index (χ2n) is 6.85. The highest BCUT2D eigenvalue weighted by Gasteiger charge is 2.28. The van der Waals surface area contributed by atoms with E-state index < -0.39 is 0 Å². The number of carbonyl (C=O) groups is 1. The summed E-state index contributed by atoms with van der Waals surface area (Å²) < 4.78 is 0. The van der Waals surface area contributed by atoms with Gasteiger partial charge in [0, 0.05) is 17.1 Å². The van der Waals surface area contributed by atoms with Crippen LogP contribution in [0.3, 0.4) is 0 Å². The summed E-state index contributed by atoms with van der Waals surface area (Å²) in [4.78, 5) is 21.5. The van der Waals surface area contributed by atoms with Crippen LogP contribution in [0.1, 0.15) is 19.8 Å². The van der Waals surface area contributed by atoms with Crippen LogP contribution in [0.2, 0.25) is 0 Å². The van der Waals surface area contributed by atoms with Gasteiger partial charge in [-0.05, 0) is 49.9 Å². The Balaban J connectivity index is 1.51. The summed E-state index contributed by atoms with van der Waals surface area (Å²) in [5.41, 5.74) is 1.83. The molecule has 1 aliphatic carbocycles. The molecule has 0 aliphatic heterocycles. The molecule has 0 radical (unpaired) electrons. The molecule has 1 aliphatic rings. The van der Waals surface area contributed by atoms with Crippen molar-refractivity contribution >= 4 is 40.1 Å². The van der Waals surface area contributed by atoms with Gasteiger partial charge < -0.3 is 10.6 Å². The number of thioether (sulfide) groups is 1. The van der Waals surface area contributed by atoms with Gasteiger partial charge in [-0.2, -0.15) is 0 Å². The molecule has 6 heteroatoms.